The van der Waals surface area contributed by atoms with E-state index in [1.54, 1.807) is 32.4 Å². The molecule has 0 radical (unpaired) electrons. The van der Waals surface area contributed by atoms with Gasteiger partial charge in [-0.3, -0.25) is 9.59 Å². The van der Waals surface area contributed by atoms with Crippen LogP contribution in [0.15, 0.2) is 36.4 Å². The summed E-state index contributed by atoms with van der Waals surface area (Å²) in [5, 5.41) is 5.79. The zero-order valence-electron chi connectivity index (χ0n) is 19.1. The molecule has 168 valence electrons. The van der Waals surface area contributed by atoms with Crippen LogP contribution >= 0.6 is 0 Å². The molecule has 2 N–H and O–H groups in total. The van der Waals surface area contributed by atoms with Gasteiger partial charge in [0.05, 0.1) is 21.3 Å². The molecule has 31 heavy (non-hydrogen) atoms. The van der Waals surface area contributed by atoms with Crippen LogP contribution in [0.1, 0.15) is 41.8 Å². The van der Waals surface area contributed by atoms with Crippen LogP contribution in [-0.4, -0.2) is 39.2 Å². The van der Waals surface area contributed by atoms with Crippen LogP contribution in [0.5, 0.6) is 17.2 Å². The molecule has 0 fully saturated rings. The van der Waals surface area contributed by atoms with Gasteiger partial charge < -0.3 is 24.8 Å². The average molecular weight is 429 g/mol. The first-order chi connectivity index (χ1) is 14.8. The molecule has 0 heterocycles. The zero-order valence-corrected chi connectivity index (χ0v) is 19.1. The second-order valence-electron chi connectivity index (χ2n) is 7.72. The summed E-state index contributed by atoms with van der Waals surface area (Å²) in [5.74, 6) is 1.24. The minimum atomic E-state index is -0.644. The maximum Gasteiger partial charge on any atom is 0.252 e. The normalized spacial score (nSPS) is 11.6. The molecular formula is C24H32N2O5. The van der Waals surface area contributed by atoms with E-state index in [4.69, 9.17) is 14.2 Å². The maximum atomic E-state index is 12.9. The molecule has 7 heteroatoms. The van der Waals surface area contributed by atoms with Crippen molar-refractivity contribution in [1.82, 2.24) is 10.6 Å². The fraction of sp³-hybridized carbons (Fsp3) is 0.417. The van der Waals surface area contributed by atoms with Gasteiger partial charge in [-0.15, -0.1) is 0 Å². The van der Waals surface area contributed by atoms with Crippen molar-refractivity contribution < 1.29 is 23.8 Å². The molecule has 0 saturated carbocycles. The Labute approximate surface area is 184 Å². The molecule has 0 unspecified atom stereocenters. The number of benzene rings is 2. The summed E-state index contributed by atoms with van der Waals surface area (Å²) < 4.78 is 16.1. The molecule has 2 aromatic carbocycles. The van der Waals surface area contributed by atoms with Crippen molar-refractivity contribution in [2.24, 2.45) is 5.92 Å². The van der Waals surface area contributed by atoms with E-state index in [0.29, 0.717) is 29.2 Å². The van der Waals surface area contributed by atoms with Crippen molar-refractivity contribution in [2.45, 2.75) is 39.8 Å². The summed E-state index contributed by atoms with van der Waals surface area (Å²) in [7, 11) is 4.62. The van der Waals surface area contributed by atoms with Crippen molar-refractivity contribution in [2.75, 3.05) is 21.3 Å². The van der Waals surface area contributed by atoms with Crippen molar-refractivity contribution >= 4 is 11.8 Å². The molecule has 2 aromatic rings. The fourth-order valence-corrected chi connectivity index (χ4v) is 3.32. The summed E-state index contributed by atoms with van der Waals surface area (Å²) in [6, 6.07) is 10.2. The first kappa shape index (κ1) is 24.1. The lowest BCUT2D eigenvalue weighted by Crippen LogP contribution is -2.47. The van der Waals surface area contributed by atoms with E-state index in [-0.39, 0.29) is 24.3 Å². The van der Waals surface area contributed by atoms with Gasteiger partial charge in [-0.05, 0) is 48.6 Å². The number of nitrogens with one attached hydrogen (secondary N) is 2. The van der Waals surface area contributed by atoms with E-state index in [9.17, 15) is 9.59 Å². The summed E-state index contributed by atoms with van der Waals surface area (Å²) in [6.45, 7) is 6.15. The minimum absolute atomic E-state index is 0.231. The van der Waals surface area contributed by atoms with E-state index < -0.39 is 6.04 Å². The van der Waals surface area contributed by atoms with E-state index in [2.05, 4.69) is 10.6 Å². The standard InChI is InChI=1S/C24H32N2O5/c1-15(2)11-19(26-23(27)18-10-8-7-9-16(18)3)24(28)25-14-17-12-20(29-4)22(31-6)21(13-17)30-5/h7-10,12-13,15,19H,11,14H2,1-6H3,(H,25,28)(H,26,27)/t19-/m1/s1. The molecular weight excluding hydrogens is 396 g/mol. The van der Waals surface area contributed by atoms with Gasteiger partial charge in [0.1, 0.15) is 6.04 Å². The summed E-state index contributed by atoms with van der Waals surface area (Å²) >= 11 is 0. The van der Waals surface area contributed by atoms with Crippen LogP contribution < -0.4 is 24.8 Å². The highest BCUT2D eigenvalue weighted by molar-refractivity contribution is 5.98. The van der Waals surface area contributed by atoms with Crippen molar-refractivity contribution in [1.29, 1.82) is 0 Å². The highest BCUT2D eigenvalue weighted by Gasteiger charge is 2.23. The zero-order chi connectivity index (χ0) is 23.0. The fourth-order valence-electron chi connectivity index (χ4n) is 3.32. The van der Waals surface area contributed by atoms with Crippen LogP contribution in [0.25, 0.3) is 0 Å². The summed E-state index contributed by atoms with van der Waals surface area (Å²) in [5.41, 5.74) is 2.21. The third kappa shape index (κ3) is 6.38. The third-order valence-corrected chi connectivity index (χ3v) is 4.91. The third-order valence-electron chi connectivity index (χ3n) is 4.91. The molecule has 7 nitrogen and oxygen atoms in total. The number of ether oxygens (including phenoxy) is 3. The van der Waals surface area contributed by atoms with Crippen LogP contribution in [0.3, 0.4) is 0 Å². The number of carbonyl (C=O) groups is 2. The van der Waals surface area contributed by atoms with E-state index in [1.807, 2.05) is 39.0 Å². The Balaban J connectivity index is 2.14. The molecule has 1 atom stereocenters. The van der Waals surface area contributed by atoms with Gasteiger partial charge in [0.25, 0.3) is 5.91 Å². The van der Waals surface area contributed by atoms with Crippen LogP contribution in [0.2, 0.25) is 0 Å². The van der Waals surface area contributed by atoms with E-state index in [0.717, 1.165) is 11.1 Å². The predicted octanol–water partition coefficient (Wildman–Crippen LogP) is 3.48. The van der Waals surface area contributed by atoms with Gasteiger partial charge in [-0.2, -0.15) is 0 Å². The Morgan fingerprint density at radius 2 is 1.58 bits per heavy atom. The van der Waals surface area contributed by atoms with E-state index in [1.165, 1.54) is 7.11 Å². The molecule has 0 spiro atoms. The smallest absolute Gasteiger partial charge is 0.252 e. The van der Waals surface area contributed by atoms with Gasteiger partial charge in [0.15, 0.2) is 11.5 Å². The number of hydrogen-bond donors (Lipinski definition) is 2. The number of carbonyl (C=O) groups excluding carboxylic acids is 2. The van der Waals surface area contributed by atoms with Gasteiger partial charge in [0.2, 0.25) is 11.7 Å². The number of rotatable bonds is 10. The Morgan fingerprint density at radius 3 is 2.10 bits per heavy atom. The number of methoxy groups -OCH3 is 3. The lowest BCUT2D eigenvalue weighted by Gasteiger charge is -2.21. The van der Waals surface area contributed by atoms with Crippen molar-refractivity contribution in [3.8, 4) is 17.2 Å². The van der Waals surface area contributed by atoms with Gasteiger partial charge >= 0.3 is 0 Å². The maximum absolute atomic E-state index is 12.9. The highest BCUT2D eigenvalue weighted by Crippen LogP contribution is 2.38. The van der Waals surface area contributed by atoms with Gasteiger partial charge in [0, 0.05) is 12.1 Å². The van der Waals surface area contributed by atoms with Crippen molar-refractivity contribution in [3.63, 3.8) is 0 Å². The number of aryl methyl sites for hydroxylation is 1. The topological polar surface area (TPSA) is 85.9 Å². The Hall–Kier alpha value is -3.22. The van der Waals surface area contributed by atoms with Crippen LogP contribution in [0, 0.1) is 12.8 Å². The van der Waals surface area contributed by atoms with Gasteiger partial charge in [-0.25, -0.2) is 0 Å². The number of hydrogen-bond acceptors (Lipinski definition) is 5. The second-order valence-corrected chi connectivity index (χ2v) is 7.72. The molecule has 0 bridgehead atoms. The summed E-state index contributed by atoms with van der Waals surface area (Å²) in [6.07, 6.45) is 0.526. The Kier molecular flexibility index (Phi) is 8.73. The quantitative estimate of drug-likeness (QED) is 0.605. The molecule has 2 amide bonds. The van der Waals surface area contributed by atoms with Gasteiger partial charge in [-0.1, -0.05) is 32.0 Å². The molecule has 2 rings (SSSR count). The molecule has 0 aliphatic carbocycles. The first-order valence-electron chi connectivity index (χ1n) is 10.2. The second kappa shape index (κ2) is 11.2. The van der Waals surface area contributed by atoms with Crippen LogP contribution in [-0.2, 0) is 11.3 Å². The van der Waals surface area contributed by atoms with Crippen LogP contribution in [0.4, 0.5) is 0 Å². The highest BCUT2D eigenvalue weighted by atomic mass is 16.5. The lowest BCUT2D eigenvalue weighted by atomic mass is 10.0. The SMILES string of the molecule is COc1cc(CNC(=O)[C@@H](CC(C)C)NC(=O)c2ccccc2C)cc(OC)c1OC. The van der Waals surface area contributed by atoms with Crippen molar-refractivity contribution in [3.05, 3.63) is 53.1 Å². The average Bonchev–Trinajstić information content (AvgIpc) is 2.75. The Morgan fingerprint density at radius 1 is 0.968 bits per heavy atom. The predicted molar refractivity (Wildman–Crippen MR) is 120 cm³/mol. The summed E-state index contributed by atoms with van der Waals surface area (Å²) in [4.78, 5) is 25.7. The largest absolute Gasteiger partial charge is 0.493 e. The Bertz CT molecular complexity index is 886. The minimum Gasteiger partial charge on any atom is -0.493 e. The molecule has 0 saturated heterocycles. The molecule has 0 aromatic heterocycles. The lowest BCUT2D eigenvalue weighted by molar-refractivity contribution is -0.123. The molecule has 0 aliphatic rings. The molecule has 0 aliphatic heterocycles. The first-order valence-corrected chi connectivity index (χ1v) is 10.2. The number of amides is 2. The monoisotopic (exact) mass is 428 g/mol. The van der Waals surface area contributed by atoms with E-state index >= 15 is 0 Å².